The molecule has 1 aliphatic rings. The molecule has 0 bridgehead atoms. The Morgan fingerprint density at radius 2 is 2.36 bits per heavy atom. The summed E-state index contributed by atoms with van der Waals surface area (Å²) in [6, 6.07) is 9.71. The van der Waals surface area contributed by atoms with Gasteiger partial charge >= 0.3 is 0 Å². The molecule has 1 saturated heterocycles. The maximum Gasteiger partial charge on any atom is 0.119 e. The molecule has 0 aliphatic carbocycles. The molecular formula is C17H23N3O2. The van der Waals surface area contributed by atoms with Crippen molar-refractivity contribution >= 4 is 0 Å². The third-order valence-corrected chi connectivity index (χ3v) is 4.38. The lowest BCUT2D eigenvalue weighted by Gasteiger charge is -2.33. The number of H-pyrrole nitrogens is 1. The first-order valence-corrected chi connectivity index (χ1v) is 7.80. The molecule has 2 unspecified atom stereocenters. The molecule has 2 N–H and O–H groups in total. The van der Waals surface area contributed by atoms with Crippen molar-refractivity contribution in [1.29, 1.82) is 0 Å². The summed E-state index contributed by atoms with van der Waals surface area (Å²) in [5.41, 5.74) is 2.10. The summed E-state index contributed by atoms with van der Waals surface area (Å²) < 4.78 is 5.23. The molecule has 1 aromatic carbocycles. The fourth-order valence-corrected chi connectivity index (χ4v) is 3.17. The van der Waals surface area contributed by atoms with Crippen molar-refractivity contribution in [2.75, 3.05) is 26.7 Å². The van der Waals surface area contributed by atoms with E-state index in [4.69, 9.17) is 4.74 Å². The number of likely N-dealkylation sites (tertiary alicyclic amines) is 1. The Kier molecular flexibility index (Phi) is 4.75. The summed E-state index contributed by atoms with van der Waals surface area (Å²) in [7, 11) is 1.64. The summed E-state index contributed by atoms with van der Waals surface area (Å²) in [6.07, 6.45) is 3.64. The number of β-amino-alcohol motifs (C(OH)–C–C–N with tert-alkyl or cyclic N) is 1. The second-order valence-corrected chi connectivity index (χ2v) is 5.90. The van der Waals surface area contributed by atoms with Gasteiger partial charge in [0.05, 0.1) is 13.2 Å². The van der Waals surface area contributed by atoms with Crippen molar-refractivity contribution in [1.82, 2.24) is 15.1 Å². The first-order chi connectivity index (χ1) is 10.8. The van der Waals surface area contributed by atoms with E-state index in [1.807, 2.05) is 30.3 Å². The first kappa shape index (κ1) is 15.1. The van der Waals surface area contributed by atoms with Crippen LogP contribution >= 0.6 is 0 Å². The van der Waals surface area contributed by atoms with Crippen molar-refractivity contribution in [3.63, 3.8) is 0 Å². The number of benzene rings is 1. The Labute approximate surface area is 130 Å². The summed E-state index contributed by atoms with van der Waals surface area (Å²) >= 11 is 0. The Morgan fingerprint density at radius 1 is 1.45 bits per heavy atom. The molecule has 3 rings (SSSR count). The lowest BCUT2D eigenvalue weighted by atomic mass is 9.94. The van der Waals surface area contributed by atoms with Gasteiger partial charge in [-0.2, -0.15) is 5.10 Å². The molecule has 2 heterocycles. The first-order valence-electron chi connectivity index (χ1n) is 7.80. The number of nitrogens with zero attached hydrogens (tertiary/aromatic N) is 2. The van der Waals surface area contributed by atoms with E-state index >= 15 is 0 Å². The number of rotatable bonds is 5. The average molecular weight is 301 g/mol. The summed E-state index contributed by atoms with van der Waals surface area (Å²) in [5.74, 6) is 1.26. The van der Waals surface area contributed by atoms with Crippen molar-refractivity contribution in [2.45, 2.75) is 24.9 Å². The largest absolute Gasteiger partial charge is 0.497 e. The predicted octanol–water partition coefficient (Wildman–Crippen LogP) is 2.33. The summed E-state index contributed by atoms with van der Waals surface area (Å²) in [4.78, 5) is 2.33. The van der Waals surface area contributed by atoms with E-state index in [-0.39, 0.29) is 0 Å². The predicted molar refractivity (Wildman–Crippen MR) is 85.0 cm³/mol. The molecule has 2 aromatic rings. The topological polar surface area (TPSA) is 61.4 Å². The second kappa shape index (κ2) is 6.94. The van der Waals surface area contributed by atoms with E-state index in [2.05, 4.69) is 15.1 Å². The molecule has 1 aliphatic heterocycles. The molecule has 1 fully saturated rings. The van der Waals surface area contributed by atoms with Crippen LogP contribution in [0.1, 0.15) is 36.1 Å². The van der Waals surface area contributed by atoms with Crippen LogP contribution in [0.5, 0.6) is 5.75 Å². The highest BCUT2D eigenvalue weighted by Crippen LogP contribution is 2.27. The molecule has 1 aromatic heterocycles. The van der Waals surface area contributed by atoms with Gasteiger partial charge in [0.15, 0.2) is 0 Å². The Balaban J connectivity index is 1.62. The third kappa shape index (κ3) is 3.48. The van der Waals surface area contributed by atoms with E-state index in [9.17, 15) is 5.11 Å². The minimum atomic E-state index is -0.490. The van der Waals surface area contributed by atoms with E-state index in [0.717, 1.165) is 30.8 Å². The van der Waals surface area contributed by atoms with E-state index < -0.39 is 6.10 Å². The van der Waals surface area contributed by atoms with Gasteiger partial charge in [0.2, 0.25) is 0 Å². The highest BCUT2D eigenvalue weighted by molar-refractivity contribution is 5.30. The number of piperidine rings is 1. The number of ether oxygens (including phenoxy) is 1. The normalized spacial score (nSPS) is 20.7. The molecule has 5 nitrogen and oxygen atoms in total. The number of aliphatic hydroxyl groups excluding tert-OH is 1. The van der Waals surface area contributed by atoms with Crippen LogP contribution in [0, 0.1) is 0 Å². The van der Waals surface area contributed by atoms with E-state index in [1.165, 1.54) is 12.1 Å². The van der Waals surface area contributed by atoms with Crippen LogP contribution < -0.4 is 4.74 Å². The van der Waals surface area contributed by atoms with E-state index in [1.54, 1.807) is 13.3 Å². The fourth-order valence-electron chi connectivity index (χ4n) is 3.17. The zero-order valence-corrected chi connectivity index (χ0v) is 12.9. The molecule has 0 spiro atoms. The molecule has 22 heavy (non-hydrogen) atoms. The molecule has 5 heteroatoms. The van der Waals surface area contributed by atoms with Gasteiger partial charge in [-0.1, -0.05) is 12.1 Å². The number of nitrogens with one attached hydrogen (secondary N) is 1. The Hall–Kier alpha value is -1.85. The number of methoxy groups -OCH3 is 1. The summed E-state index contributed by atoms with van der Waals surface area (Å²) in [5, 5.41) is 17.6. The van der Waals surface area contributed by atoms with Crippen LogP contribution in [0.15, 0.2) is 36.5 Å². The van der Waals surface area contributed by atoms with Crippen LogP contribution in [0.25, 0.3) is 0 Å². The molecule has 118 valence electrons. The van der Waals surface area contributed by atoms with Gasteiger partial charge in [-0.15, -0.1) is 0 Å². The maximum atomic E-state index is 10.5. The van der Waals surface area contributed by atoms with Gasteiger partial charge in [-0.3, -0.25) is 10.00 Å². The zero-order chi connectivity index (χ0) is 15.4. The smallest absolute Gasteiger partial charge is 0.119 e. The number of hydrogen-bond donors (Lipinski definition) is 2. The van der Waals surface area contributed by atoms with Gasteiger partial charge in [0.25, 0.3) is 0 Å². The van der Waals surface area contributed by atoms with Crippen molar-refractivity contribution in [3.05, 3.63) is 47.8 Å². The van der Waals surface area contributed by atoms with Gasteiger partial charge in [-0.25, -0.2) is 0 Å². The van der Waals surface area contributed by atoms with Crippen LogP contribution in [0.4, 0.5) is 0 Å². The van der Waals surface area contributed by atoms with Crippen LogP contribution in [0.2, 0.25) is 0 Å². The Bertz CT molecular complexity index is 585. The highest BCUT2D eigenvalue weighted by Gasteiger charge is 2.24. The maximum absolute atomic E-state index is 10.5. The fraction of sp³-hybridized carbons (Fsp3) is 0.471. The standard InChI is InChI=1S/C17H23N3O2/c1-22-15-6-2-4-13(10-15)17(21)12-20-9-3-5-14(11-20)16-7-8-18-19-16/h2,4,6-8,10,14,17,21H,3,5,9,11-12H2,1H3,(H,18,19). The minimum Gasteiger partial charge on any atom is -0.497 e. The average Bonchev–Trinajstić information content (AvgIpc) is 3.10. The lowest BCUT2D eigenvalue weighted by Crippen LogP contribution is -2.37. The van der Waals surface area contributed by atoms with Crippen molar-refractivity contribution in [3.8, 4) is 5.75 Å². The quantitative estimate of drug-likeness (QED) is 0.890. The summed E-state index contributed by atoms with van der Waals surface area (Å²) in [6.45, 7) is 2.65. The molecule has 0 amide bonds. The van der Waals surface area contributed by atoms with Gasteiger partial charge in [0.1, 0.15) is 5.75 Å². The Morgan fingerprint density at radius 3 is 3.14 bits per heavy atom. The van der Waals surface area contributed by atoms with Crippen LogP contribution in [-0.4, -0.2) is 46.9 Å². The minimum absolute atomic E-state index is 0.480. The van der Waals surface area contributed by atoms with Gasteiger partial charge < -0.3 is 9.84 Å². The van der Waals surface area contributed by atoms with Gasteiger partial charge in [0, 0.05) is 30.9 Å². The second-order valence-electron chi connectivity index (χ2n) is 5.90. The molecular weight excluding hydrogens is 278 g/mol. The van der Waals surface area contributed by atoms with Gasteiger partial charge in [-0.05, 0) is 43.1 Å². The van der Waals surface area contributed by atoms with E-state index in [0.29, 0.717) is 12.5 Å². The molecule has 0 radical (unpaired) electrons. The monoisotopic (exact) mass is 301 g/mol. The van der Waals surface area contributed by atoms with Crippen LogP contribution in [-0.2, 0) is 0 Å². The molecule has 2 atom stereocenters. The highest BCUT2D eigenvalue weighted by atomic mass is 16.5. The number of aromatic amines is 1. The molecule has 0 saturated carbocycles. The SMILES string of the molecule is COc1cccc(C(O)CN2CCCC(c3ccn[nH]3)C2)c1. The number of aliphatic hydroxyl groups is 1. The van der Waals surface area contributed by atoms with Crippen molar-refractivity contribution in [2.24, 2.45) is 0 Å². The lowest BCUT2D eigenvalue weighted by molar-refractivity contribution is 0.0948. The number of hydrogen-bond acceptors (Lipinski definition) is 4. The van der Waals surface area contributed by atoms with Crippen LogP contribution in [0.3, 0.4) is 0 Å². The number of aromatic nitrogens is 2. The third-order valence-electron chi connectivity index (χ3n) is 4.38. The van der Waals surface area contributed by atoms with Crippen molar-refractivity contribution < 1.29 is 9.84 Å². The zero-order valence-electron chi connectivity index (χ0n) is 12.9.